The van der Waals surface area contributed by atoms with Crippen LogP contribution in [0.4, 0.5) is 0 Å². The van der Waals surface area contributed by atoms with Gasteiger partial charge in [-0.25, -0.2) is 9.55 Å². The number of carbonyl (C=O) groups excluding carboxylic acids is 1. The molecule has 0 spiro atoms. The van der Waals surface area contributed by atoms with Gasteiger partial charge in [0.05, 0.1) is 6.61 Å². The Hall–Kier alpha value is -0.570. The summed E-state index contributed by atoms with van der Waals surface area (Å²) in [7, 11) is -1.17. The van der Waals surface area contributed by atoms with E-state index < -0.39 is 7.82 Å². The van der Waals surface area contributed by atoms with Crippen molar-refractivity contribution in [1.29, 1.82) is 0 Å². The zero-order chi connectivity index (χ0) is 17.7. The first kappa shape index (κ1) is 21.5. The molecule has 24 heavy (non-hydrogen) atoms. The number of phosphoric acid groups is 1. The van der Waals surface area contributed by atoms with Crippen LogP contribution in [0.25, 0.3) is 0 Å². The second-order valence-corrected chi connectivity index (χ2v) is 8.59. The summed E-state index contributed by atoms with van der Waals surface area (Å²) < 4.78 is 14.8. The molecule has 0 aromatic carbocycles. The average Bonchev–Trinajstić information content (AvgIpc) is 2.54. The lowest BCUT2D eigenvalue weighted by Crippen LogP contribution is -2.24. The maximum Gasteiger partial charge on any atom is 0.469 e. The van der Waals surface area contributed by atoms with Crippen molar-refractivity contribution < 1.29 is 23.7 Å². The van der Waals surface area contributed by atoms with Gasteiger partial charge in [-0.05, 0) is 35.8 Å². The van der Waals surface area contributed by atoms with E-state index in [4.69, 9.17) is 9.79 Å². The van der Waals surface area contributed by atoms with Crippen LogP contribution in [0, 0.1) is 0 Å². The summed E-state index contributed by atoms with van der Waals surface area (Å²) in [6.07, 6.45) is 5.36. The van der Waals surface area contributed by atoms with E-state index in [1.807, 2.05) is 18.2 Å². The number of nitrogens with zero attached hydrogens (tertiary/aromatic N) is 1. The van der Waals surface area contributed by atoms with Gasteiger partial charge in [-0.3, -0.25) is 9.32 Å². The molecule has 0 radical (unpaired) electrons. The summed E-state index contributed by atoms with van der Waals surface area (Å²) in [5.41, 5.74) is 0. The number of nitrogens with one attached hydrogen (secondary N) is 1. The summed E-state index contributed by atoms with van der Waals surface area (Å²) in [6.45, 7) is 0.679. The lowest BCUT2D eigenvalue weighted by Gasteiger charge is -2.06. The molecule has 1 aromatic rings. The molecule has 1 heterocycles. The Morgan fingerprint density at radius 1 is 1.25 bits per heavy atom. The molecule has 0 saturated carbocycles. The van der Waals surface area contributed by atoms with Crippen LogP contribution in [0.2, 0.25) is 0 Å². The van der Waals surface area contributed by atoms with E-state index in [2.05, 4.69) is 14.8 Å². The Bertz CT molecular complexity index is 515. The van der Waals surface area contributed by atoms with Crippen molar-refractivity contribution in [2.45, 2.75) is 37.1 Å². The first-order valence-corrected chi connectivity index (χ1v) is 11.5. The molecular weight excluding hydrogens is 371 g/mol. The standard InChI is InChI=1S/C14H23N2O5PS2/c17-13(8-12-23-24-14-7-3-5-10-16-14)15-9-4-1-2-6-11-21-22(18,19)20/h3,5,7,10H,1-2,4,6,8-9,11-12H2,(H,15,17)(H2,18,19,20). The Morgan fingerprint density at radius 2 is 2.04 bits per heavy atom. The quantitative estimate of drug-likeness (QED) is 0.266. The SMILES string of the molecule is O=C(CCSSc1ccccn1)NCCCCCCOP(=O)(O)O. The van der Waals surface area contributed by atoms with E-state index >= 15 is 0 Å². The highest BCUT2D eigenvalue weighted by molar-refractivity contribution is 8.76. The fraction of sp³-hybridized carbons (Fsp3) is 0.571. The Morgan fingerprint density at radius 3 is 2.75 bits per heavy atom. The smallest absolute Gasteiger partial charge is 0.356 e. The molecule has 0 atom stereocenters. The maximum absolute atomic E-state index is 11.6. The first-order chi connectivity index (χ1) is 11.5. The molecule has 1 aromatic heterocycles. The fourth-order valence-corrected chi connectivity index (χ4v) is 3.95. The number of pyridine rings is 1. The van der Waals surface area contributed by atoms with Crippen molar-refractivity contribution in [2.24, 2.45) is 0 Å². The van der Waals surface area contributed by atoms with E-state index in [9.17, 15) is 9.36 Å². The van der Waals surface area contributed by atoms with Crippen molar-refractivity contribution in [3.63, 3.8) is 0 Å². The van der Waals surface area contributed by atoms with E-state index in [0.29, 0.717) is 19.4 Å². The summed E-state index contributed by atoms with van der Waals surface area (Å²) >= 11 is 0. The predicted octanol–water partition coefficient (Wildman–Crippen LogP) is 3.00. The molecule has 0 unspecified atom stereocenters. The Kier molecular flexibility index (Phi) is 11.4. The molecule has 0 saturated heterocycles. The van der Waals surface area contributed by atoms with Crippen LogP contribution in [0.15, 0.2) is 29.4 Å². The van der Waals surface area contributed by atoms with Gasteiger partial charge in [0.1, 0.15) is 5.03 Å². The third-order valence-corrected chi connectivity index (χ3v) is 5.63. The third kappa shape index (κ3) is 12.8. The van der Waals surface area contributed by atoms with Crippen molar-refractivity contribution in [2.75, 3.05) is 18.9 Å². The van der Waals surface area contributed by atoms with Crippen molar-refractivity contribution in [3.8, 4) is 0 Å². The summed E-state index contributed by atoms with van der Waals surface area (Å²) in [5.74, 6) is 0.765. The molecule has 10 heteroatoms. The number of phosphoric ester groups is 1. The van der Waals surface area contributed by atoms with Crippen LogP contribution in [-0.4, -0.2) is 39.6 Å². The highest BCUT2D eigenvalue weighted by Gasteiger charge is 2.12. The van der Waals surface area contributed by atoms with Gasteiger partial charge in [0.25, 0.3) is 0 Å². The molecule has 0 aliphatic carbocycles. The lowest BCUT2D eigenvalue weighted by molar-refractivity contribution is -0.120. The second-order valence-electron chi connectivity index (χ2n) is 4.91. The minimum atomic E-state index is -4.34. The fourth-order valence-electron chi connectivity index (χ4n) is 1.71. The van der Waals surface area contributed by atoms with Crippen LogP contribution in [-0.2, 0) is 13.9 Å². The van der Waals surface area contributed by atoms with Gasteiger partial charge in [0, 0.05) is 24.9 Å². The van der Waals surface area contributed by atoms with Crippen molar-refractivity contribution in [3.05, 3.63) is 24.4 Å². The zero-order valence-electron chi connectivity index (χ0n) is 13.3. The topological polar surface area (TPSA) is 109 Å². The minimum Gasteiger partial charge on any atom is -0.356 e. The molecule has 0 aliphatic heterocycles. The van der Waals surface area contributed by atoms with Crippen LogP contribution in [0.1, 0.15) is 32.1 Å². The molecule has 1 rings (SSSR count). The molecule has 0 bridgehead atoms. The number of rotatable bonds is 13. The largest absolute Gasteiger partial charge is 0.469 e. The number of amides is 1. The highest BCUT2D eigenvalue weighted by Crippen LogP contribution is 2.35. The molecule has 7 nitrogen and oxygen atoms in total. The van der Waals surface area contributed by atoms with Crippen molar-refractivity contribution >= 4 is 35.3 Å². The van der Waals surface area contributed by atoms with Gasteiger partial charge in [0.15, 0.2) is 0 Å². The number of aromatic nitrogens is 1. The summed E-state index contributed by atoms with van der Waals surface area (Å²) in [5, 5.41) is 3.80. The Labute approximate surface area is 150 Å². The van der Waals surface area contributed by atoms with E-state index in [0.717, 1.165) is 30.0 Å². The van der Waals surface area contributed by atoms with E-state index in [-0.39, 0.29) is 12.5 Å². The molecule has 0 aliphatic rings. The zero-order valence-corrected chi connectivity index (χ0v) is 15.8. The lowest BCUT2D eigenvalue weighted by atomic mass is 10.2. The number of hydrogen-bond donors (Lipinski definition) is 3. The van der Waals surface area contributed by atoms with Gasteiger partial charge in [0.2, 0.25) is 5.91 Å². The molecule has 136 valence electrons. The van der Waals surface area contributed by atoms with Crippen LogP contribution >= 0.6 is 29.4 Å². The van der Waals surface area contributed by atoms with Crippen LogP contribution < -0.4 is 5.32 Å². The number of carbonyl (C=O) groups is 1. The van der Waals surface area contributed by atoms with Crippen molar-refractivity contribution in [1.82, 2.24) is 10.3 Å². The van der Waals surface area contributed by atoms with Crippen LogP contribution in [0.3, 0.4) is 0 Å². The summed E-state index contributed by atoms with van der Waals surface area (Å²) in [6, 6.07) is 5.73. The molecule has 3 N–H and O–H groups in total. The van der Waals surface area contributed by atoms with Gasteiger partial charge in [-0.15, -0.1) is 0 Å². The second kappa shape index (κ2) is 12.7. The predicted molar refractivity (Wildman–Crippen MR) is 96.6 cm³/mol. The number of unbranched alkanes of at least 4 members (excludes halogenated alkanes) is 3. The van der Waals surface area contributed by atoms with Gasteiger partial charge < -0.3 is 15.1 Å². The van der Waals surface area contributed by atoms with Crippen LogP contribution in [0.5, 0.6) is 0 Å². The normalized spacial score (nSPS) is 11.4. The van der Waals surface area contributed by atoms with Gasteiger partial charge >= 0.3 is 7.82 Å². The molecular formula is C14H23N2O5PS2. The highest BCUT2D eigenvalue weighted by atomic mass is 33.1. The minimum absolute atomic E-state index is 0.0361. The Balaban J connectivity index is 1.89. The third-order valence-electron chi connectivity index (χ3n) is 2.85. The summed E-state index contributed by atoms with van der Waals surface area (Å²) in [4.78, 5) is 32.8. The first-order valence-electron chi connectivity index (χ1n) is 7.65. The monoisotopic (exact) mass is 394 g/mol. The number of hydrogen-bond acceptors (Lipinski definition) is 6. The molecule has 1 amide bonds. The van der Waals surface area contributed by atoms with Gasteiger partial charge in [-0.2, -0.15) is 0 Å². The van der Waals surface area contributed by atoms with Gasteiger partial charge in [-0.1, -0.05) is 29.7 Å². The van der Waals surface area contributed by atoms with E-state index in [1.54, 1.807) is 27.8 Å². The van der Waals surface area contributed by atoms with E-state index in [1.165, 1.54) is 0 Å². The maximum atomic E-state index is 11.6. The average molecular weight is 394 g/mol. The molecule has 0 fully saturated rings.